The van der Waals surface area contributed by atoms with E-state index in [4.69, 9.17) is 0 Å². The highest BCUT2D eigenvalue weighted by atomic mass is 32.1. The molecule has 0 aliphatic carbocycles. The van der Waals surface area contributed by atoms with Gasteiger partial charge in [0.15, 0.2) is 0 Å². The van der Waals surface area contributed by atoms with Crippen molar-refractivity contribution in [2.45, 2.75) is 23.8 Å². The van der Waals surface area contributed by atoms with Gasteiger partial charge in [-0.15, -0.1) is 0 Å². The first kappa shape index (κ1) is 11.9. The molecule has 0 aliphatic rings. The Kier molecular flexibility index (Phi) is 3.27. The topological polar surface area (TPSA) is 0 Å². The summed E-state index contributed by atoms with van der Waals surface area (Å²) in [5.74, 6) is -5.47. The van der Waals surface area contributed by atoms with Gasteiger partial charge in [0.25, 0.3) is 6.43 Å². The second kappa shape index (κ2) is 3.31. The Morgan fingerprint density at radius 3 is 1.33 bits per heavy atom. The van der Waals surface area contributed by atoms with E-state index in [1.54, 1.807) is 0 Å². The molecule has 0 aliphatic heterocycles. The summed E-state index contributed by atoms with van der Waals surface area (Å²) in [6.45, 7) is 0. The largest absolute Gasteiger partial charge is 0.356 e. The summed E-state index contributed by atoms with van der Waals surface area (Å²) in [6.07, 6.45) is -8.39. The molecule has 12 heavy (non-hydrogen) atoms. The summed E-state index contributed by atoms with van der Waals surface area (Å²) in [5.41, 5.74) is 0. The molecule has 8 heteroatoms. The van der Waals surface area contributed by atoms with Crippen LogP contribution in [0.4, 0.5) is 30.7 Å². The van der Waals surface area contributed by atoms with Crippen molar-refractivity contribution in [2.75, 3.05) is 0 Å². The van der Waals surface area contributed by atoms with Crippen molar-refractivity contribution in [1.29, 1.82) is 0 Å². The third-order valence-electron chi connectivity index (χ3n) is 0.969. The molecule has 0 heterocycles. The Labute approximate surface area is 68.1 Å². The van der Waals surface area contributed by atoms with Crippen molar-refractivity contribution in [3.63, 3.8) is 0 Å². The van der Waals surface area contributed by atoms with E-state index in [-0.39, 0.29) is 0 Å². The van der Waals surface area contributed by atoms with E-state index in [2.05, 4.69) is 0 Å². The van der Waals surface area contributed by atoms with Crippen LogP contribution in [-0.4, -0.2) is 23.8 Å². The zero-order valence-corrected chi connectivity index (χ0v) is 6.14. The first-order valence-corrected chi connectivity index (χ1v) is 2.95. The number of alkyl halides is 7. The summed E-state index contributed by atoms with van der Waals surface area (Å²) in [6, 6.07) is 0. The molecule has 1 unspecified atom stereocenters. The van der Waals surface area contributed by atoms with E-state index in [1.165, 1.54) is 0 Å². The molecule has 0 spiro atoms. The molecule has 0 aromatic carbocycles. The van der Waals surface area contributed by atoms with Crippen LogP contribution in [0.5, 0.6) is 0 Å². The molecule has 0 aromatic heterocycles. The SMILES string of the molecule is FC(F)C(F)C(F)(F)C(F)(F)S. The maximum absolute atomic E-state index is 11.9. The Balaban J connectivity index is 4.61. The highest BCUT2D eigenvalue weighted by molar-refractivity contribution is 7.81. The van der Waals surface area contributed by atoms with Gasteiger partial charge in [0, 0.05) is 0 Å². The zero-order valence-electron chi connectivity index (χ0n) is 5.25. The van der Waals surface area contributed by atoms with Crippen molar-refractivity contribution in [3.8, 4) is 0 Å². The van der Waals surface area contributed by atoms with Gasteiger partial charge in [-0.2, -0.15) is 17.6 Å². The van der Waals surface area contributed by atoms with Crippen LogP contribution in [0.1, 0.15) is 0 Å². The fourth-order valence-corrected chi connectivity index (χ4v) is 0.447. The number of thiol groups is 1. The third kappa shape index (κ3) is 2.18. The summed E-state index contributed by atoms with van der Waals surface area (Å²) in [5, 5.41) is -5.09. The average Bonchev–Trinajstić information content (AvgIpc) is 1.83. The second-order valence-electron chi connectivity index (χ2n) is 1.90. The van der Waals surface area contributed by atoms with Crippen LogP contribution in [0, 0.1) is 0 Å². The lowest BCUT2D eigenvalue weighted by Crippen LogP contribution is -2.47. The Hall–Kier alpha value is -0.140. The molecule has 0 radical (unpaired) electrons. The first-order valence-electron chi connectivity index (χ1n) is 2.51. The van der Waals surface area contributed by atoms with Gasteiger partial charge < -0.3 is 0 Å². The van der Waals surface area contributed by atoms with Crippen LogP contribution in [0.25, 0.3) is 0 Å². The van der Waals surface area contributed by atoms with E-state index in [9.17, 15) is 30.7 Å². The molecule has 0 fully saturated rings. The van der Waals surface area contributed by atoms with Crippen LogP contribution in [0.15, 0.2) is 0 Å². The number of rotatable bonds is 3. The molecule has 0 N–H and O–H groups in total. The maximum atomic E-state index is 11.9. The minimum absolute atomic E-state index is 2.01. The summed E-state index contributed by atoms with van der Waals surface area (Å²) in [4.78, 5) is 0. The van der Waals surface area contributed by atoms with E-state index >= 15 is 0 Å². The lowest BCUT2D eigenvalue weighted by molar-refractivity contribution is -0.214. The Bertz CT molecular complexity index is 150. The maximum Gasteiger partial charge on any atom is 0.356 e. The second-order valence-corrected chi connectivity index (χ2v) is 2.46. The number of hydrogen-bond acceptors (Lipinski definition) is 1. The van der Waals surface area contributed by atoms with Crippen molar-refractivity contribution < 1.29 is 30.7 Å². The van der Waals surface area contributed by atoms with Gasteiger partial charge in [-0.25, -0.2) is 13.2 Å². The molecule has 1 atom stereocenters. The van der Waals surface area contributed by atoms with Crippen LogP contribution >= 0.6 is 12.6 Å². The van der Waals surface area contributed by atoms with E-state index in [1.807, 2.05) is 12.6 Å². The van der Waals surface area contributed by atoms with E-state index in [0.29, 0.717) is 0 Å². The molecule has 0 nitrogen and oxygen atoms in total. The molecule has 0 bridgehead atoms. The number of halogens is 7. The molecular formula is C4H3F7S. The van der Waals surface area contributed by atoms with Crippen LogP contribution in [0.2, 0.25) is 0 Å². The molecular weight excluding hydrogens is 213 g/mol. The quantitative estimate of drug-likeness (QED) is 0.544. The van der Waals surface area contributed by atoms with Gasteiger partial charge in [-0.05, 0) is 0 Å². The van der Waals surface area contributed by atoms with Gasteiger partial charge in [-0.3, -0.25) is 0 Å². The molecule has 74 valence electrons. The number of hydrogen-bond donors (Lipinski definition) is 1. The van der Waals surface area contributed by atoms with Crippen LogP contribution in [-0.2, 0) is 0 Å². The molecule has 0 amide bonds. The highest BCUT2D eigenvalue weighted by Crippen LogP contribution is 2.42. The normalized spacial score (nSPS) is 16.8. The lowest BCUT2D eigenvalue weighted by Gasteiger charge is -2.24. The third-order valence-corrected chi connectivity index (χ3v) is 1.27. The fourth-order valence-electron chi connectivity index (χ4n) is 0.324. The van der Waals surface area contributed by atoms with Gasteiger partial charge >= 0.3 is 11.2 Å². The van der Waals surface area contributed by atoms with E-state index < -0.39 is 23.8 Å². The first-order chi connectivity index (χ1) is 5.10. The van der Waals surface area contributed by atoms with Crippen molar-refractivity contribution in [3.05, 3.63) is 0 Å². The Morgan fingerprint density at radius 2 is 1.25 bits per heavy atom. The van der Waals surface area contributed by atoms with Crippen molar-refractivity contribution in [2.24, 2.45) is 0 Å². The van der Waals surface area contributed by atoms with Gasteiger partial charge in [0.2, 0.25) is 6.17 Å². The summed E-state index contributed by atoms with van der Waals surface area (Å²) in [7, 11) is 0. The predicted octanol–water partition coefficient (Wildman–Crippen LogP) is 2.75. The lowest BCUT2D eigenvalue weighted by atomic mass is 10.2. The van der Waals surface area contributed by atoms with Gasteiger partial charge in [-0.1, -0.05) is 12.6 Å². The minimum atomic E-state index is -5.47. The van der Waals surface area contributed by atoms with Crippen LogP contribution in [0.3, 0.4) is 0 Å². The summed E-state index contributed by atoms with van der Waals surface area (Å²) < 4.78 is 81.3. The minimum Gasteiger partial charge on any atom is -0.234 e. The average molecular weight is 216 g/mol. The molecule has 0 aromatic rings. The predicted molar refractivity (Wildman–Crippen MR) is 29.8 cm³/mol. The monoisotopic (exact) mass is 216 g/mol. The standard InChI is InChI=1S/C4H3F7S/c5-1(2(6)7)3(8,9)4(10,11)12/h1-2,12H. The highest BCUT2D eigenvalue weighted by Gasteiger charge is 2.62. The van der Waals surface area contributed by atoms with Crippen molar-refractivity contribution in [1.82, 2.24) is 0 Å². The molecule has 0 rings (SSSR count). The van der Waals surface area contributed by atoms with Gasteiger partial charge in [0.1, 0.15) is 0 Å². The van der Waals surface area contributed by atoms with Crippen molar-refractivity contribution >= 4 is 12.6 Å². The molecule has 0 saturated carbocycles. The smallest absolute Gasteiger partial charge is 0.234 e. The fraction of sp³-hybridized carbons (Fsp3) is 1.00. The molecule has 0 saturated heterocycles. The van der Waals surface area contributed by atoms with E-state index in [0.717, 1.165) is 0 Å². The van der Waals surface area contributed by atoms with Crippen LogP contribution < -0.4 is 0 Å². The zero-order chi connectivity index (χ0) is 10.2. The van der Waals surface area contributed by atoms with Gasteiger partial charge in [0.05, 0.1) is 0 Å². The Morgan fingerprint density at radius 1 is 0.917 bits per heavy atom. The summed E-state index contributed by atoms with van der Waals surface area (Å²) >= 11 is 2.01.